The van der Waals surface area contributed by atoms with Gasteiger partial charge in [0.2, 0.25) is 0 Å². The first kappa shape index (κ1) is 19.9. The zero-order valence-corrected chi connectivity index (χ0v) is 16.9. The van der Waals surface area contributed by atoms with E-state index in [4.69, 9.17) is 0 Å². The summed E-state index contributed by atoms with van der Waals surface area (Å²) >= 11 is 0. The number of likely N-dealkylation sites (tertiary alicyclic amines) is 1. The molecule has 1 aliphatic rings. The number of benzene rings is 2. The van der Waals surface area contributed by atoms with E-state index in [1.807, 2.05) is 31.2 Å². The van der Waals surface area contributed by atoms with Crippen LogP contribution in [0.4, 0.5) is 4.39 Å². The Morgan fingerprint density at radius 3 is 2.70 bits per heavy atom. The number of nitrogens with zero attached hydrogens (tertiary/aromatic N) is 1. The van der Waals surface area contributed by atoms with Gasteiger partial charge in [0.05, 0.1) is 11.6 Å². The number of hydrogen-bond donors (Lipinski definition) is 2. The average Bonchev–Trinajstić information content (AvgIpc) is 3.27. The number of aromatic amines is 1. The first-order valence-corrected chi connectivity index (χ1v) is 10.0. The van der Waals surface area contributed by atoms with Crippen molar-refractivity contribution < 1.29 is 19.1 Å². The van der Waals surface area contributed by atoms with E-state index in [0.29, 0.717) is 17.7 Å². The Balaban J connectivity index is 1.93. The van der Waals surface area contributed by atoms with Gasteiger partial charge in [-0.3, -0.25) is 9.59 Å². The van der Waals surface area contributed by atoms with Crippen LogP contribution in [0.25, 0.3) is 16.7 Å². The maximum atomic E-state index is 13.7. The fourth-order valence-electron chi connectivity index (χ4n) is 4.03. The molecule has 1 aromatic heterocycles. The number of aliphatic hydroxyl groups excluding tert-OH is 1. The monoisotopic (exact) mass is 406 g/mol. The molecule has 1 unspecified atom stereocenters. The van der Waals surface area contributed by atoms with Crippen molar-refractivity contribution in [2.75, 3.05) is 6.54 Å². The number of Topliss-reactive ketones (excluding diaryl/α,β-unsaturated/α-hetero) is 1. The zero-order chi connectivity index (χ0) is 21.4. The Morgan fingerprint density at radius 1 is 1.20 bits per heavy atom. The maximum absolute atomic E-state index is 13.7. The van der Waals surface area contributed by atoms with Crippen LogP contribution in [0.3, 0.4) is 0 Å². The van der Waals surface area contributed by atoms with Gasteiger partial charge in [-0.15, -0.1) is 0 Å². The highest BCUT2D eigenvalue weighted by Crippen LogP contribution is 2.42. The Kier molecular flexibility index (Phi) is 5.16. The number of nitrogens with one attached hydrogen (secondary N) is 1. The predicted molar refractivity (Wildman–Crippen MR) is 113 cm³/mol. The normalized spacial score (nSPS) is 18.5. The van der Waals surface area contributed by atoms with Crippen LogP contribution in [-0.4, -0.2) is 33.2 Å². The Labute approximate surface area is 173 Å². The van der Waals surface area contributed by atoms with Gasteiger partial charge in [-0.25, -0.2) is 4.39 Å². The van der Waals surface area contributed by atoms with Gasteiger partial charge in [-0.1, -0.05) is 31.5 Å². The minimum absolute atomic E-state index is 0.0341. The van der Waals surface area contributed by atoms with Gasteiger partial charge in [0.25, 0.3) is 11.7 Å². The van der Waals surface area contributed by atoms with Gasteiger partial charge >= 0.3 is 0 Å². The number of carbonyl (C=O) groups is 2. The van der Waals surface area contributed by atoms with Gasteiger partial charge in [0, 0.05) is 34.8 Å². The number of carbonyl (C=O) groups excluding carboxylic acids is 2. The summed E-state index contributed by atoms with van der Waals surface area (Å²) in [5.41, 5.74) is 2.33. The van der Waals surface area contributed by atoms with Crippen LogP contribution in [-0.2, 0) is 9.59 Å². The van der Waals surface area contributed by atoms with E-state index in [9.17, 15) is 19.1 Å². The van der Waals surface area contributed by atoms with Crippen molar-refractivity contribution in [2.45, 2.75) is 32.7 Å². The third-order valence-electron chi connectivity index (χ3n) is 5.64. The molecule has 5 nitrogen and oxygen atoms in total. The molecule has 2 heterocycles. The number of hydrogen-bond acceptors (Lipinski definition) is 3. The molecule has 0 bridgehead atoms. The van der Waals surface area contributed by atoms with Crippen LogP contribution in [0.2, 0.25) is 0 Å². The number of aromatic nitrogens is 1. The molecule has 1 amide bonds. The summed E-state index contributed by atoms with van der Waals surface area (Å²) in [4.78, 5) is 30.6. The van der Waals surface area contributed by atoms with Crippen molar-refractivity contribution in [3.05, 3.63) is 76.7 Å². The lowest BCUT2D eigenvalue weighted by atomic mass is 9.94. The van der Waals surface area contributed by atoms with Gasteiger partial charge < -0.3 is 15.0 Å². The van der Waals surface area contributed by atoms with E-state index in [0.717, 1.165) is 29.3 Å². The lowest BCUT2D eigenvalue weighted by Crippen LogP contribution is -2.30. The number of aryl methyl sites for hydroxylation is 1. The van der Waals surface area contributed by atoms with Crippen molar-refractivity contribution >= 4 is 28.4 Å². The summed E-state index contributed by atoms with van der Waals surface area (Å²) in [6.45, 7) is 4.01. The number of fused-ring (bicyclic) bond motifs is 1. The van der Waals surface area contributed by atoms with E-state index in [1.54, 1.807) is 13.1 Å². The standard InChI is InChI=1S/C24H23FN2O3/c1-3-4-11-27-21(17-13-26-19-8-6-5-7-16(17)19)20(23(29)24(27)30)22(28)15-9-10-18(25)14(2)12-15/h5-10,12-13,21,26,28H,3-4,11H2,1-2H3/b22-20+. The fourth-order valence-corrected chi connectivity index (χ4v) is 4.03. The number of para-hydroxylation sites is 1. The van der Waals surface area contributed by atoms with Crippen LogP contribution in [0.1, 0.15) is 42.5 Å². The predicted octanol–water partition coefficient (Wildman–Crippen LogP) is 4.84. The summed E-state index contributed by atoms with van der Waals surface area (Å²) in [6.07, 6.45) is 3.38. The molecule has 0 radical (unpaired) electrons. The highest BCUT2D eigenvalue weighted by atomic mass is 19.1. The van der Waals surface area contributed by atoms with E-state index in [-0.39, 0.29) is 11.3 Å². The van der Waals surface area contributed by atoms with E-state index >= 15 is 0 Å². The van der Waals surface area contributed by atoms with Crippen molar-refractivity contribution in [1.29, 1.82) is 0 Å². The second-order valence-corrected chi connectivity index (χ2v) is 7.60. The fraction of sp³-hybridized carbons (Fsp3) is 0.250. The number of H-pyrrole nitrogens is 1. The Morgan fingerprint density at radius 2 is 1.97 bits per heavy atom. The summed E-state index contributed by atoms with van der Waals surface area (Å²) in [5, 5.41) is 11.9. The van der Waals surface area contributed by atoms with Crippen molar-refractivity contribution in [1.82, 2.24) is 9.88 Å². The average molecular weight is 406 g/mol. The molecule has 1 fully saturated rings. The topological polar surface area (TPSA) is 73.4 Å². The van der Waals surface area contributed by atoms with Crippen LogP contribution >= 0.6 is 0 Å². The van der Waals surface area contributed by atoms with E-state index in [1.165, 1.54) is 23.1 Å². The molecule has 4 rings (SSSR count). The molecule has 0 saturated carbocycles. The number of rotatable bonds is 5. The maximum Gasteiger partial charge on any atom is 0.295 e. The molecule has 2 aromatic carbocycles. The largest absolute Gasteiger partial charge is 0.507 e. The minimum atomic E-state index is -0.721. The van der Waals surface area contributed by atoms with Crippen molar-refractivity contribution in [2.24, 2.45) is 0 Å². The quantitative estimate of drug-likeness (QED) is 0.362. The molecule has 154 valence electrons. The first-order valence-electron chi connectivity index (χ1n) is 10.0. The van der Waals surface area contributed by atoms with Gasteiger partial charge in [-0.05, 0) is 43.2 Å². The number of halogens is 1. The number of ketones is 1. The van der Waals surface area contributed by atoms with Gasteiger partial charge in [0.15, 0.2) is 0 Å². The van der Waals surface area contributed by atoms with Gasteiger partial charge in [0.1, 0.15) is 11.6 Å². The second-order valence-electron chi connectivity index (χ2n) is 7.60. The molecule has 0 aliphatic carbocycles. The Hall–Kier alpha value is -3.41. The number of amides is 1. The van der Waals surface area contributed by atoms with Crippen molar-refractivity contribution in [3.8, 4) is 0 Å². The molecular formula is C24H23FN2O3. The number of unbranched alkanes of at least 4 members (excludes halogenated alkanes) is 1. The molecule has 2 N–H and O–H groups in total. The van der Waals surface area contributed by atoms with Crippen LogP contribution in [0.5, 0.6) is 0 Å². The third kappa shape index (κ3) is 3.18. The lowest BCUT2D eigenvalue weighted by Gasteiger charge is -2.24. The molecule has 3 aromatic rings. The summed E-state index contributed by atoms with van der Waals surface area (Å²) in [7, 11) is 0. The van der Waals surface area contributed by atoms with Crippen LogP contribution < -0.4 is 0 Å². The number of aliphatic hydroxyl groups is 1. The molecule has 1 aliphatic heterocycles. The summed E-state index contributed by atoms with van der Waals surface area (Å²) < 4.78 is 13.7. The van der Waals surface area contributed by atoms with Crippen LogP contribution in [0, 0.1) is 12.7 Å². The molecule has 6 heteroatoms. The second kappa shape index (κ2) is 7.78. The molecule has 0 spiro atoms. The van der Waals surface area contributed by atoms with Crippen molar-refractivity contribution in [3.63, 3.8) is 0 Å². The lowest BCUT2D eigenvalue weighted by molar-refractivity contribution is -0.139. The van der Waals surface area contributed by atoms with Gasteiger partial charge in [-0.2, -0.15) is 0 Å². The SMILES string of the molecule is CCCCN1C(=O)C(=O)/C(=C(/O)c2ccc(F)c(C)c2)C1c1c[nH]c2ccccc12. The van der Waals surface area contributed by atoms with E-state index in [2.05, 4.69) is 4.98 Å². The molecule has 1 atom stereocenters. The first-order chi connectivity index (χ1) is 14.4. The summed E-state index contributed by atoms with van der Waals surface area (Å²) in [6, 6.07) is 11.1. The third-order valence-corrected chi connectivity index (χ3v) is 5.64. The molecule has 30 heavy (non-hydrogen) atoms. The zero-order valence-electron chi connectivity index (χ0n) is 16.9. The minimum Gasteiger partial charge on any atom is -0.507 e. The molecule has 1 saturated heterocycles. The smallest absolute Gasteiger partial charge is 0.295 e. The van der Waals surface area contributed by atoms with E-state index < -0.39 is 23.5 Å². The van der Waals surface area contributed by atoms with Crippen LogP contribution in [0.15, 0.2) is 54.2 Å². The Bertz CT molecular complexity index is 1180. The highest BCUT2D eigenvalue weighted by molar-refractivity contribution is 6.46. The summed E-state index contributed by atoms with van der Waals surface area (Å²) in [5.74, 6) is -2.03. The highest BCUT2D eigenvalue weighted by Gasteiger charge is 2.46. The molecular weight excluding hydrogens is 383 g/mol.